The van der Waals surface area contributed by atoms with Crippen molar-refractivity contribution in [2.24, 2.45) is 0 Å². The first-order valence-electron chi connectivity index (χ1n) is 5.09. The van der Waals surface area contributed by atoms with E-state index in [0.717, 1.165) is 10.2 Å². The third-order valence-electron chi connectivity index (χ3n) is 2.41. The quantitative estimate of drug-likeness (QED) is 0.873. The van der Waals surface area contributed by atoms with E-state index in [0.29, 0.717) is 19.6 Å². The number of hydrogen-bond acceptors (Lipinski definition) is 3. The third-order valence-corrected chi connectivity index (χ3v) is 2.91. The molecule has 2 rings (SSSR count). The SMILES string of the molecule is O=C(CN1CC(O)C1)Nc1cccc(Br)c1. The van der Waals surface area contributed by atoms with Gasteiger partial charge >= 0.3 is 0 Å². The number of carbonyl (C=O) groups excluding carboxylic acids is 1. The number of amides is 1. The maximum atomic E-state index is 11.6. The van der Waals surface area contributed by atoms with Gasteiger partial charge in [0.2, 0.25) is 5.91 Å². The van der Waals surface area contributed by atoms with Crippen LogP contribution < -0.4 is 5.32 Å². The topological polar surface area (TPSA) is 52.6 Å². The number of β-amino-alcohol motifs (C(OH)–C–C–N with tert-alkyl or cyclic N) is 1. The Hall–Kier alpha value is -0.910. The molecule has 0 saturated carbocycles. The van der Waals surface area contributed by atoms with E-state index >= 15 is 0 Å². The first-order valence-corrected chi connectivity index (χ1v) is 5.88. The highest BCUT2D eigenvalue weighted by Gasteiger charge is 2.25. The van der Waals surface area contributed by atoms with Crippen LogP contribution in [0.2, 0.25) is 0 Å². The minimum atomic E-state index is -0.265. The average molecular weight is 285 g/mol. The second-order valence-corrected chi connectivity index (χ2v) is 4.82. The van der Waals surface area contributed by atoms with Gasteiger partial charge in [0.05, 0.1) is 12.6 Å². The first kappa shape index (κ1) is 11.6. The summed E-state index contributed by atoms with van der Waals surface area (Å²) in [7, 11) is 0. The molecule has 2 N–H and O–H groups in total. The van der Waals surface area contributed by atoms with E-state index in [4.69, 9.17) is 5.11 Å². The predicted octanol–water partition coefficient (Wildman–Crippen LogP) is 1.06. The maximum absolute atomic E-state index is 11.6. The number of aliphatic hydroxyl groups is 1. The Morgan fingerprint density at radius 1 is 1.56 bits per heavy atom. The molecule has 5 heteroatoms. The lowest BCUT2D eigenvalue weighted by Crippen LogP contribution is -2.53. The standard InChI is InChI=1S/C11H13BrN2O2/c12-8-2-1-3-9(4-8)13-11(16)7-14-5-10(15)6-14/h1-4,10,15H,5-7H2,(H,13,16). The van der Waals surface area contributed by atoms with Crippen molar-refractivity contribution in [3.8, 4) is 0 Å². The molecule has 0 radical (unpaired) electrons. The molecule has 1 fully saturated rings. The molecular formula is C11H13BrN2O2. The fourth-order valence-electron chi connectivity index (χ4n) is 1.64. The van der Waals surface area contributed by atoms with Crippen LogP contribution in [0.15, 0.2) is 28.7 Å². The molecule has 0 bridgehead atoms. The Balaban J connectivity index is 1.83. The molecule has 86 valence electrons. The Labute approximate surface area is 102 Å². The Morgan fingerprint density at radius 2 is 2.31 bits per heavy atom. The van der Waals surface area contributed by atoms with Crippen molar-refractivity contribution in [1.82, 2.24) is 4.90 Å². The zero-order valence-corrected chi connectivity index (χ0v) is 10.3. The van der Waals surface area contributed by atoms with Gasteiger partial charge in [0.15, 0.2) is 0 Å². The molecule has 1 heterocycles. The summed E-state index contributed by atoms with van der Waals surface area (Å²) in [6, 6.07) is 7.46. The molecule has 1 aliphatic rings. The van der Waals surface area contributed by atoms with Crippen molar-refractivity contribution in [3.05, 3.63) is 28.7 Å². The van der Waals surface area contributed by atoms with E-state index in [9.17, 15) is 4.79 Å². The minimum absolute atomic E-state index is 0.0509. The zero-order chi connectivity index (χ0) is 11.5. The number of halogens is 1. The molecular weight excluding hydrogens is 272 g/mol. The molecule has 0 unspecified atom stereocenters. The van der Waals surface area contributed by atoms with Crippen LogP contribution in [0.1, 0.15) is 0 Å². The van der Waals surface area contributed by atoms with Crippen molar-refractivity contribution in [2.75, 3.05) is 25.0 Å². The van der Waals surface area contributed by atoms with Gasteiger partial charge < -0.3 is 10.4 Å². The number of nitrogens with zero attached hydrogens (tertiary/aromatic N) is 1. The van der Waals surface area contributed by atoms with Crippen LogP contribution in [0.3, 0.4) is 0 Å². The van der Waals surface area contributed by atoms with Crippen LogP contribution in [0, 0.1) is 0 Å². The average Bonchev–Trinajstić information content (AvgIpc) is 2.15. The van der Waals surface area contributed by atoms with Gasteiger partial charge in [-0.2, -0.15) is 0 Å². The van der Waals surface area contributed by atoms with Gasteiger partial charge in [0, 0.05) is 23.2 Å². The smallest absolute Gasteiger partial charge is 0.238 e. The molecule has 0 atom stereocenters. The number of rotatable bonds is 3. The molecule has 1 aliphatic heterocycles. The number of benzene rings is 1. The summed E-state index contributed by atoms with van der Waals surface area (Å²) in [5, 5.41) is 11.9. The monoisotopic (exact) mass is 284 g/mol. The summed E-state index contributed by atoms with van der Waals surface area (Å²) in [5.74, 6) is -0.0509. The molecule has 1 aromatic carbocycles. The second kappa shape index (κ2) is 4.95. The molecule has 0 spiro atoms. The molecule has 0 aromatic heterocycles. The third kappa shape index (κ3) is 3.04. The van der Waals surface area contributed by atoms with Gasteiger partial charge in [-0.25, -0.2) is 0 Å². The summed E-state index contributed by atoms with van der Waals surface area (Å²) in [6.45, 7) is 1.52. The Bertz CT molecular complexity index is 391. The number of hydrogen-bond donors (Lipinski definition) is 2. The summed E-state index contributed by atoms with van der Waals surface area (Å²) < 4.78 is 0.935. The van der Waals surface area contributed by atoms with Crippen molar-refractivity contribution in [1.29, 1.82) is 0 Å². The number of anilines is 1. The fourth-order valence-corrected chi connectivity index (χ4v) is 2.04. The van der Waals surface area contributed by atoms with E-state index in [2.05, 4.69) is 21.2 Å². The predicted molar refractivity (Wildman–Crippen MR) is 65.2 cm³/mol. The van der Waals surface area contributed by atoms with Crippen molar-refractivity contribution in [2.45, 2.75) is 6.10 Å². The van der Waals surface area contributed by atoms with E-state index in [1.54, 1.807) is 0 Å². The number of likely N-dealkylation sites (tertiary alicyclic amines) is 1. The molecule has 4 nitrogen and oxygen atoms in total. The van der Waals surface area contributed by atoms with Crippen molar-refractivity contribution < 1.29 is 9.90 Å². The van der Waals surface area contributed by atoms with Gasteiger partial charge in [-0.1, -0.05) is 22.0 Å². The Morgan fingerprint density at radius 3 is 2.94 bits per heavy atom. The lowest BCUT2D eigenvalue weighted by Gasteiger charge is -2.34. The molecule has 1 saturated heterocycles. The zero-order valence-electron chi connectivity index (χ0n) is 8.69. The number of nitrogens with one attached hydrogen (secondary N) is 1. The summed E-state index contributed by atoms with van der Waals surface area (Å²) >= 11 is 3.34. The van der Waals surface area contributed by atoms with Gasteiger partial charge in [0.25, 0.3) is 0 Å². The second-order valence-electron chi connectivity index (χ2n) is 3.91. The highest BCUT2D eigenvalue weighted by molar-refractivity contribution is 9.10. The van der Waals surface area contributed by atoms with Crippen molar-refractivity contribution in [3.63, 3.8) is 0 Å². The van der Waals surface area contributed by atoms with Crippen LogP contribution >= 0.6 is 15.9 Å². The highest BCUT2D eigenvalue weighted by Crippen LogP contribution is 2.15. The van der Waals surface area contributed by atoms with Crippen LogP contribution in [-0.4, -0.2) is 41.7 Å². The van der Waals surface area contributed by atoms with Crippen molar-refractivity contribution >= 4 is 27.5 Å². The van der Waals surface area contributed by atoms with Gasteiger partial charge in [-0.05, 0) is 18.2 Å². The largest absolute Gasteiger partial charge is 0.390 e. The molecule has 0 aliphatic carbocycles. The summed E-state index contributed by atoms with van der Waals surface area (Å²) in [6.07, 6.45) is -0.265. The van der Waals surface area contributed by atoms with Gasteiger partial charge in [-0.3, -0.25) is 9.69 Å². The molecule has 1 aromatic rings. The Kier molecular flexibility index (Phi) is 3.58. The molecule has 1 amide bonds. The van der Waals surface area contributed by atoms with Crippen LogP contribution in [-0.2, 0) is 4.79 Å². The lowest BCUT2D eigenvalue weighted by atomic mass is 10.2. The first-order chi connectivity index (χ1) is 7.63. The lowest BCUT2D eigenvalue weighted by molar-refractivity contribution is -0.119. The highest BCUT2D eigenvalue weighted by atomic mass is 79.9. The van der Waals surface area contributed by atoms with Gasteiger partial charge in [-0.15, -0.1) is 0 Å². The van der Waals surface area contributed by atoms with Crippen LogP contribution in [0.25, 0.3) is 0 Å². The van der Waals surface area contributed by atoms with Crippen LogP contribution in [0.4, 0.5) is 5.69 Å². The van der Waals surface area contributed by atoms with E-state index < -0.39 is 0 Å². The van der Waals surface area contributed by atoms with E-state index in [1.807, 2.05) is 29.2 Å². The van der Waals surface area contributed by atoms with Crippen LogP contribution in [0.5, 0.6) is 0 Å². The number of carbonyl (C=O) groups is 1. The van der Waals surface area contributed by atoms with E-state index in [1.165, 1.54) is 0 Å². The number of aliphatic hydroxyl groups excluding tert-OH is 1. The summed E-state index contributed by atoms with van der Waals surface area (Å²) in [5.41, 5.74) is 0.778. The fraction of sp³-hybridized carbons (Fsp3) is 0.364. The maximum Gasteiger partial charge on any atom is 0.238 e. The summed E-state index contributed by atoms with van der Waals surface area (Å²) in [4.78, 5) is 13.5. The van der Waals surface area contributed by atoms with E-state index in [-0.39, 0.29) is 12.0 Å². The normalized spacial score (nSPS) is 16.9. The molecule has 16 heavy (non-hydrogen) atoms. The minimum Gasteiger partial charge on any atom is -0.390 e. The van der Waals surface area contributed by atoms with Gasteiger partial charge in [0.1, 0.15) is 0 Å².